The summed E-state index contributed by atoms with van der Waals surface area (Å²) in [4.78, 5) is 18.7. The number of alkyl halides is 3. The number of likely N-dealkylation sites (tertiary alicyclic amines) is 1. The van der Waals surface area contributed by atoms with Crippen molar-refractivity contribution in [3.05, 3.63) is 28.8 Å². The highest BCUT2D eigenvalue weighted by Gasteiger charge is 2.62. The highest BCUT2D eigenvalue weighted by Crippen LogP contribution is 2.40. The summed E-state index contributed by atoms with van der Waals surface area (Å²) in [6, 6.07) is 7.21. The first kappa shape index (κ1) is 31.0. The van der Waals surface area contributed by atoms with Gasteiger partial charge in [-0.25, -0.2) is 0 Å². The van der Waals surface area contributed by atoms with Crippen LogP contribution < -0.4 is 4.90 Å². The molecule has 1 unspecified atom stereocenters. The van der Waals surface area contributed by atoms with E-state index < -0.39 is 23.6 Å². The lowest BCUT2D eigenvalue weighted by atomic mass is 9.78. The summed E-state index contributed by atoms with van der Waals surface area (Å²) in [5.41, 5.74) is -1.08. The quantitative estimate of drug-likeness (QED) is 0.402. The summed E-state index contributed by atoms with van der Waals surface area (Å²) in [7, 11) is 0. The number of halogens is 4. The molecule has 2 aliphatic heterocycles. The van der Waals surface area contributed by atoms with Gasteiger partial charge in [0.25, 0.3) is 5.91 Å². The van der Waals surface area contributed by atoms with Gasteiger partial charge in [0.05, 0.1) is 0 Å². The van der Waals surface area contributed by atoms with Crippen molar-refractivity contribution in [3.63, 3.8) is 0 Å². The molecule has 1 amide bonds. The molecule has 3 rings (SSSR count). The van der Waals surface area contributed by atoms with Crippen LogP contribution in [-0.2, 0) is 11.3 Å². The molecule has 2 aliphatic rings. The minimum atomic E-state index is -4.99. The van der Waals surface area contributed by atoms with Crippen LogP contribution in [0.15, 0.2) is 18.2 Å². The van der Waals surface area contributed by atoms with Crippen molar-refractivity contribution in [2.24, 2.45) is 17.8 Å². The van der Waals surface area contributed by atoms with E-state index in [-0.39, 0.29) is 13.1 Å². The van der Waals surface area contributed by atoms with E-state index in [0.717, 1.165) is 48.7 Å². The molecule has 0 spiro atoms. The summed E-state index contributed by atoms with van der Waals surface area (Å²) in [6.45, 7) is 14.4. The predicted octanol–water partition coefficient (Wildman–Crippen LogP) is 6.36. The number of piperidine rings is 2. The Bertz CT molecular complexity index is 931. The first-order valence-electron chi connectivity index (χ1n) is 14.0. The molecule has 1 aromatic rings. The van der Waals surface area contributed by atoms with Crippen molar-refractivity contribution in [3.8, 4) is 0 Å². The molecule has 0 aliphatic carbocycles. The van der Waals surface area contributed by atoms with Crippen LogP contribution in [0.4, 0.5) is 18.9 Å². The second-order valence-corrected chi connectivity index (χ2v) is 12.4. The highest BCUT2D eigenvalue weighted by atomic mass is 35.5. The molecule has 1 atom stereocenters. The summed E-state index contributed by atoms with van der Waals surface area (Å²) < 4.78 is 40.7. The predicted molar refractivity (Wildman–Crippen MR) is 147 cm³/mol. The van der Waals surface area contributed by atoms with Crippen LogP contribution in [0.3, 0.4) is 0 Å². The average molecular weight is 560 g/mol. The number of rotatable bonds is 8. The number of anilines is 1. The Kier molecular flexibility index (Phi) is 10.1. The lowest BCUT2D eigenvalue weighted by molar-refractivity contribution is -0.270. The van der Waals surface area contributed by atoms with Gasteiger partial charge in [0.15, 0.2) is 0 Å². The van der Waals surface area contributed by atoms with E-state index >= 15 is 0 Å². The molecule has 1 N–H and O–H groups in total. The molecular formula is C29H45ClF3N3O2. The van der Waals surface area contributed by atoms with Crippen molar-refractivity contribution in [2.45, 2.75) is 97.6 Å². The van der Waals surface area contributed by atoms with Gasteiger partial charge in [-0.1, -0.05) is 31.5 Å². The van der Waals surface area contributed by atoms with Gasteiger partial charge in [-0.05, 0) is 82.9 Å². The third-order valence-electron chi connectivity index (χ3n) is 8.71. The average Bonchev–Trinajstić information content (AvgIpc) is 2.86. The van der Waals surface area contributed by atoms with Gasteiger partial charge in [0.2, 0.25) is 5.60 Å². The molecule has 0 radical (unpaired) electrons. The number of aliphatic hydroxyl groups is 1. The van der Waals surface area contributed by atoms with E-state index in [1.54, 1.807) is 0 Å². The highest BCUT2D eigenvalue weighted by molar-refractivity contribution is 6.31. The smallest absolute Gasteiger partial charge is 0.372 e. The van der Waals surface area contributed by atoms with Crippen molar-refractivity contribution < 1.29 is 23.1 Å². The van der Waals surface area contributed by atoms with Crippen LogP contribution in [0.25, 0.3) is 0 Å². The van der Waals surface area contributed by atoms with Crippen molar-refractivity contribution in [2.75, 3.05) is 31.1 Å². The summed E-state index contributed by atoms with van der Waals surface area (Å²) in [5.74, 6) is -1.60. The lowest BCUT2D eigenvalue weighted by Gasteiger charge is -2.43. The summed E-state index contributed by atoms with van der Waals surface area (Å²) in [5, 5.41) is 11.1. The first-order valence-corrected chi connectivity index (χ1v) is 14.4. The summed E-state index contributed by atoms with van der Waals surface area (Å²) >= 11 is 6.70. The van der Waals surface area contributed by atoms with E-state index in [0.29, 0.717) is 36.8 Å². The maximum Gasteiger partial charge on any atom is 0.426 e. The van der Waals surface area contributed by atoms with Crippen molar-refractivity contribution >= 4 is 23.2 Å². The van der Waals surface area contributed by atoms with Crippen LogP contribution in [0.2, 0.25) is 5.02 Å². The minimum absolute atomic E-state index is 0.260. The van der Waals surface area contributed by atoms with Gasteiger partial charge >= 0.3 is 6.18 Å². The normalized spacial score (nSPS) is 20.2. The van der Waals surface area contributed by atoms with E-state index in [1.165, 1.54) is 18.7 Å². The summed E-state index contributed by atoms with van der Waals surface area (Å²) in [6.07, 6.45) is -1.64. The molecule has 9 heteroatoms. The van der Waals surface area contributed by atoms with Crippen LogP contribution in [0.5, 0.6) is 0 Å². The van der Waals surface area contributed by atoms with Gasteiger partial charge < -0.3 is 14.9 Å². The van der Waals surface area contributed by atoms with E-state index in [1.807, 2.05) is 0 Å². The Morgan fingerprint density at radius 2 is 1.47 bits per heavy atom. The number of benzene rings is 1. The van der Waals surface area contributed by atoms with Crippen molar-refractivity contribution in [1.82, 2.24) is 9.80 Å². The van der Waals surface area contributed by atoms with Crippen LogP contribution in [0, 0.1) is 17.8 Å². The molecule has 0 saturated carbocycles. The van der Waals surface area contributed by atoms with Gasteiger partial charge in [-0.2, -0.15) is 13.2 Å². The number of amides is 1. The molecule has 2 fully saturated rings. The van der Waals surface area contributed by atoms with Crippen LogP contribution in [-0.4, -0.2) is 70.9 Å². The molecule has 2 saturated heterocycles. The third-order valence-corrected chi connectivity index (χ3v) is 9.06. The lowest BCUT2D eigenvalue weighted by Crippen LogP contribution is -2.62. The Hall–Kier alpha value is -1.51. The molecule has 0 aromatic heterocycles. The Balaban J connectivity index is 1.54. The maximum atomic E-state index is 13.6. The number of carbonyl (C=O) groups excluding carboxylic acids is 1. The Morgan fingerprint density at radius 1 is 0.974 bits per heavy atom. The number of hydrogen-bond acceptors (Lipinski definition) is 4. The second-order valence-electron chi connectivity index (χ2n) is 12.0. The van der Waals surface area contributed by atoms with Gasteiger partial charge in [0.1, 0.15) is 0 Å². The topological polar surface area (TPSA) is 47.0 Å². The Labute approximate surface area is 231 Å². The molecule has 2 heterocycles. The van der Waals surface area contributed by atoms with Gasteiger partial charge in [-0.3, -0.25) is 9.69 Å². The zero-order chi connectivity index (χ0) is 28.4. The second kappa shape index (κ2) is 12.3. The van der Waals surface area contributed by atoms with E-state index in [4.69, 9.17) is 11.6 Å². The fourth-order valence-electron chi connectivity index (χ4n) is 6.16. The standard InChI is InChI=1S/C29H45ClF3N3O2/c1-19(2)28(38,29(31,32)33)27(37)35-15-11-23(12-16-35)22-9-13-34(14-10-22)25-8-7-24(26(30)17-25)18-36(20(3)4)21(5)6/h7-8,17,19-23,38H,9-16,18H2,1-6H3. The molecule has 1 aromatic carbocycles. The zero-order valence-electron chi connectivity index (χ0n) is 23.7. The maximum absolute atomic E-state index is 13.6. The van der Waals surface area contributed by atoms with E-state index in [9.17, 15) is 23.1 Å². The largest absolute Gasteiger partial charge is 0.426 e. The fourth-order valence-corrected chi connectivity index (χ4v) is 6.39. The molecule has 0 bridgehead atoms. The minimum Gasteiger partial charge on any atom is -0.372 e. The Morgan fingerprint density at radius 3 is 1.89 bits per heavy atom. The van der Waals surface area contributed by atoms with Gasteiger partial charge in [-0.15, -0.1) is 0 Å². The monoisotopic (exact) mass is 559 g/mol. The number of hydrogen-bond donors (Lipinski definition) is 1. The van der Waals surface area contributed by atoms with Crippen LogP contribution in [0.1, 0.15) is 72.8 Å². The SMILES string of the molecule is CC(C)N(Cc1ccc(N2CCC(C3CCN(C(=O)C(O)(C(C)C)C(F)(F)F)CC3)CC2)cc1Cl)C(C)C. The van der Waals surface area contributed by atoms with Gasteiger partial charge in [0, 0.05) is 61.4 Å². The number of carbonyl (C=O) groups is 1. The molecule has 5 nitrogen and oxygen atoms in total. The molecule has 38 heavy (non-hydrogen) atoms. The third kappa shape index (κ3) is 6.61. The molecule has 216 valence electrons. The molecular weight excluding hydrogens is 515 g/mol. The van der Waals surface area contributed by atoms with Crippen LogP contribution >= 0.6 is 11.6 Å². The number of nitrogens with zero attached hydrogens (tertiary/aromatic N) is 3. The van der Waals surface area contributed by atoms with Crippen molar-refractivity contribution in [1.29, 1.82) is 0 Å². The first-order chi connectivity index (χ1) is 17.7. The van der Waals surface area contributed by atoms with E-state index in [2.05, 4.69) is 55.7 Å². The fraction of sp³-hybridized carbons (Fsp3) is 0.759. The zero-order valence-corrected chi connectivity index (χ0v) is 24.4.